The number of nitrogens with one attached hydrogen (secondary N) is 2. The third kappa shape index (κ3) is 5.51. The number of quaternary nitrogens is 1. The Hall–Kier alpha value is -2.17. The Kier molecular flexibility index (Phi) is 6.78. The molecule has 0 aromatic heterocycles. The number of rotatable bonds is 3. The summed E-state index contributed by atoms with van der Waals surface area (Å²) < 4.78 is 0. The number of benzene rings is 2. The maximum Gasteiger partial charge on any atom is 0.139 e. The van der Waals surface area contributed by atoms with Crippen LogP contribution in [0.2, 0.25) is 0 Å². The number of aliphatic carboxylic acids is 1. The maximum absolute atomic E-state index is 8.89. The summed E-state index contributed by atoms with van der Waals surface area (Å²) in [5.41, 5.74) is 2.84. The van der Waals surface area contributed by atoms with Crippen molar-refractivity contribution in [3.63, 3.8) is 0 Å². The van der Waals surface area contributed by atoms with Gasteiger partial charge in [0.15, 0.2) is 0 Å². The topological polar surface area (TPSA) is 56.6 Å². The first-order chi connectivity index (χ1) is 11.2. The Bertz CT molecular complexity index is 537. The number of carbonyl (C=O) groups excluding carboxylic acids is 1. The summed E-state index contributed by atoms with van der Waals surface area (Å²) in [4.78, 5) is 10.6. The summed E-state index contributed by atoms with van der Waals surface area (Å²) >= 11 is 0. The minimum Gasteiger partial charge on any atom is -0.550 e. The van der Waals surface area contributed by atoms with Crippen molar-refractivity contribution >= 4 is 5.97 Å². The molecule has 0 radical (unpaired) electrons. The molecule has 0 bridgehead atoms. The van der Waals surface area contributed by atoms with Gasteiger partial charge < -0.3 is 20.1 Å². The second kappa shape index (κ2) is 9.08. The quantitative estimate of drug-likeness (QED) is 0.840. The monoisotopic (exact) mass is 312 g/mol. The van der Waals surface area contributed by atoms with Gasteiger partial charge in [0.05, 0.1) is 13.1 Å². The van der Waals surface area contributed by atoms with Gasteiger partial charge in [-0.15, -0.1) is 0 Å². The van der Waals surface area contributed by atoms with Gasteiger partial charge in [0.1, 0.15) is 6.04 Å². The van der Waals surface area contributed by atoms with Crippen LogP contribution in [-0.2, 0) is 4.79 Å². The zero-order chi connectivity index (χ0) is 16.5. The molecule has 0 amide bonds. The van der Waals surface area contributed by atoms with Crippen LogP contribution in [0.25, 0.3) is 0 Å². The lowest BCUT2D eigenvalue weighted by Gasteiger charge is -2.32. The minimum atomic E-state index is -1.08. The summed E-state index contributed by atoms with van der Waals surface area (Å²) in [5, 5.41) is 12.3. The van der Waals surface area contributed by atoms with E-state index in [0.29, 0.717) is 6.04 Å². The van der Waals surface area contributed by atoms with Crippen LogP contribution in [0.3, 0.4) is 0 Å². The summed E-state index contributed by atoms with van der Waals surface area (Å²) in [5.74, 6) is -1.08. The molecule has 2 aromatic carbocycles. The van der Waals surface area contributed by atoms with Crippen LogP contribution in [-0.4, -0.2) is 32.1 Å². The molecule has 0 unspecified atom stereocenters. The van der Waals surface area contributed by atoms with E-state index in [4.69, 9.17) is 9.90 Å². The average Bonchev–Trinajstić information content (AvgIpc) is 2.58. The largest absolute Gasteiger partial charge is 0.550 e. The van der Waals surface area contributed by atoms with Crippen LogP contribution in [0.15, 0.2) is 60.7 Å². The number of carboxylic acid groups (broad SMARTS) is 1. The van der Waals surface area contributed by atoms with Gasteiger partial charge in [-0.25, -0.2) is 0 Å². The van der Waals surface area contributed by atoms with Gasteiger partial charge in [-0.1, -0.05) is 60.7 Å². The molecule has 1 heterocycles. The van der Waals surface area contributed by atoms with E-state index in [1.165, 1.54) is 24.2 Å². The number of carbonyl (C=O) groups is 1. The van der Waals surface area contributed by atoms with Crippen LogP contribution in [0, 0.1) is 0 Å². The summed E-state index contributed by atoms with van der Waals surface area (Å²) in [6.07, 6.45) is 0. The van der Waals surface area contributed by atoms with Crippen LogP contribution >= 0.6 is 0 Å². The van der Waals surface area contributed by atoms with Gasteiger partial charge >= 0.3 is 0 Å². The molecule has 0 aliphatic carbocycles. The predicted molar refractivity (Wildman–Crippen MR) is 89.0 cm³/mol. The molecule has 0 spiro atoms. The smallest absolute Gasteiger partial charge is 0.139 e. The summed E-state index contributed by atoms with van der Waals surface area (Å²) in [6, 6.07) is 22.3. The van der Waals surface area contributed by atoms with E-state index >= 15 is 0 Å². The van der Waals surface area contributed by atoms with E-state index in [0.717, 1.165) is 20.0 Å². The lowest BCUT2D eigenvalue weighted by molar-refractivity contribution is -0.927. The van der Waals surface area contributed by atoms with Gasteiger partial charge in [0.25, 0.3) is 0 Å². The van der Waals surface area contributed by atoms with Gasteiger partial charge in [-0.2, -0.15) is 0 Å². The van der Waals surface area contributed by atoms with Crippen molar-refractivity contribution in [1.82, 2.24) is 5.32 Å². The second-order valence-corrected chi connectivity index (χ2v) is 5.65. The molecule has 0 saturated carbocycles. The molecule has 3 rings (SSSR count). The van der Waals surface area contributed by atoms with Gasteiger partial charge in [0.2, 0.25) is 0 Å². The van der Waals surface area contributed by atoms with Gasteiger partial charge in [-0.05, 0) is 6.92 Å². The zero-order valence-electron chi connectivity index (χ0n) is 13.5. The predicted octanol–water partition coefficient (Wildman–Crippen LogP) is 0.0203. The highest BCUT2D eigenvalue weighted by molar-refractivity contribution is 5.60. The lowest BCUT2D eigenvalue weighted by atomic mass is 9.96. The Morgan fingerprint density at radius 2 is 1.35 bits per heavy atom. The van der Waals surface area contributed by atoms with Crippen LogP contribution < -0.4 is 15.3 Å². The number of hydrogen-bond donors (Lipinski definition) is 2. The molecule has 1 saturated heterocycles. The van der Waals surface area contributed by atoms with Gasteiger partial charge in [0, 0.05) is 30.2 Å². The van der Waals surface area contributed by atoms with Crippen LogP contribution in [0.5, 0.6) is 0 Å². The highest BCUT2D eigenvalue weighted by Crippen LogP contribution is 2.18. The minimum absolute atomic E-state index is 0.462. The van der Waals surface area contributed by atoms with E-state index in [1.807, 2.05) is 0 Å². The SMILES string of the molecule is CC(=O)[O-].c1ccc(C(c2ccccc2)[NH+]2CCNCC2)cc1. The molecule has 4 heteroatoms. The standard InChI is InChI=1S/C17H20N2.C2H4O2/c1-3-7-15(8-4-1)17(16-9-5-2-6-10-16)19-13-11-18-12-14-19;1-2(3)4/h1-10,17-18H,11-14H2;1H3,(H,3,4). The lowest BCUT2D eigenvalue weighted by Crippen LogP contribution is -3.15. The van der Waals surface area contributed by atoms with Crippen molar-refractivity contribution in [2.24, 2.45) is 0 Å². The molecular formula is C19H24N2O2. The highest BCUT2D eigenvalue weighted by Gasteiger charge is 2.26. The van der Waals surface area contributed by atoms with Crippen molar-refractivity contribution in [3.8, 4) is 0 Å². The highest BCUT2D eigenvalue weighted by atomic mass is 16.4. The number of hydrogen-bond acceptors (Lipinski definition) is 3. The fraction of sp³-hybridized carbons (Fsp3) is 0.316. The normalized spacial score (nSPS) is 14.9. The first kappa shape index (κ1) is 17.2. The molecule has 4 nitrogen and oxygen atoms in total. The molecule has 2 aromatic rings. The molecular weight excluding hydrogens is 288 g/mol. The molecule has 2 N–H and O–H groups in total. The van der Waals surface area contributed by atoms with Crippen molar-refractivity contribution in [2.75, 3.05) is 26.2 Å². The molecule has 1 aliphatic heterocycles. The van der Waals surface area contributed by atoms with Crippen molar-refractivity contribution in [3.05, 3.63) is 71.8 Å². The van der Waals surface area contributed by atoms with Crippen molar-refractivity contribution in [2.45, 2.75) is 13.0 Å². The molecule has 1 aliphatic rings. The summed E-state index contributed by atoms with van der Waals surface area (Å²) in [7, 11) is 0. The van der Waals surface area contributed by atoms with Crippen molar-refractivity contribution in [1.29, 1.82) is 0 Å². The maximum atomic E-state index is 8.89. The first-order valence-corrected chi connectivity index (χ1v) is 8.01. The summed E-state index contributed by atoms with van der Waals surface area (Å²) in [6.45, 7) is 5.58. The fourth-order valence-electron chi connectivity index (χ4n) is 2.99. The zero-order valence-corrected chi connectivity index (χ0v) is 13.5. The van der Waals surface area contributed by atoms with Crippen LogP contribution in [0.1, 0.15) is 24.1 Å². The Balaban J connectivity index is 0.000000433. The van der Waals surface area contributed by atoms with E-state index in [-0.39, 0.29) is 0 Å². The van der Waals surface area contributed by atoms with Gasteiger partial charge in [-0.3, -0.25) is 0 Å². The molecule has 0 atom stereocenters. The van der Waals surface area contributed by atoms with E-state index < -0.39 is 5.97 Å². The average molecular weight is 312 g/mol. The second-order valence-electron chi connectivity index (χ2n) is 5.65. The van der Waals surface area contributed by atoms with Crippen LogP contribution in [0.4, 0.5) is 0 Å². The van der Waals surface area contributed by atoms with Crippen molar-refractivity contribution < 1.29 is 14.8 Å². The van der Waals surface area contributed by atoms with E-state index in [1.54, 1.807) is 4.90 Å². The Morgan fingerprint density at radius 3 is 1.74 bits per heavy atom. The van der Waals surface area contributed by atoms with E-state index in [2.05, 4.69) is 66.0 Å². The fourth-order valence-corrected chi connectivity index (χ4v) is 2.99. The first-order valence-electron chi connectivity index (χ1n) is 8.01. The third-order valence-electron chi connectivity index (χ3n) is 3.92. The molecule has 23 heavy (non-hydrogen) atoms. The van der Waals surface area contributed by atoms with E-state index in [9.17, 15) is 0 Å². The molecule has 1 fully saturated rings. The number of carboxylic acids is 1. The Labute approximate surface area is 137 Å². The number of piperazine rings is 1. The third-order valence-corrected chi connectivity index (χ3v) is 3.92. The Morgan fingerprint density at radius 1 is 0.957 bits per heavy atom. The molecule has 122 valence electrons.